The fourth-order valence-electron chi connectivity index (χ4n) is 7.68. The first kappa shape index (κ1) is 45.4. The highest BCUT2D eigenvalue weighted by atomic mass is 16.7. The molecule has 0 radical (unpaired) electrons. The second-order valence-corrected chi connectivity index (χ2v) is 15.3. The number of para-hydroxylation sites is 2. The SMILES string of the molecule is COc1ccccc1C1(OC)CC(=O)c2ccccc2O1.C[C@@H]1O[C@@H](OC[C@H]2O[C@@H](Oc3cc(O)c4c(c3)OC(c3ccc(O)c(O)c3)CC4=O)[C@H](O)[C@@H](O)[C@@H]2O)[C@H](O)[C@H](O)[C@H]1O. The van der Waals surface area contributed by atoms with Gasteiger partial charge in [-0.1, -0.05) is 30.3 Å². The van der Waals surface area contributed by atoms with Crippen molar-refractivity contribution in [2.24, 2.45) is 0 Å². The van der Waals surface area contributed by atoms with E-state index in [2.05, 4.69) is 0 Å². The molecule has 2 unspecified atom stereocenters. The van der Waals surface area contributed by atoms with E-state index in [-0.39, 0.29) is 41.4 Å². The zero-order chi connectivity index (χ0) is 45.3. The maximum absolute atomic E-state index is 12.8. The van der Waals surface area contributed by atoms with Crippen molar-refractivity contribution in [3.05, 3.63) is 101 Å². The van der Waals surface area contributed by atoms with Crippen molar-refractivity contribution in [3.63, 3.8) is 0 Å². The molecule has 0 amide bonds. The minimum Gasteiger partial charge on any atom is -0.507 e. The van der Waals surface area contributed by atoms with E-state index in [0.29, 0.717) is 28.2 Å². The highest BCUT2D eigenvalue weighted by Gasteiger charge is 2.48. The highest BCUT2D eigenvalue weighted by molar-refractivity contribution is 6.03. The van der Waals surface area contributed by atoms with Crippen LogP contribution in [0.1, 0.15) is 57.7 Å². The van der Waals surface area contributed by atoms with Crippen LogP contribution in [0.2, 0.25) is 0 Å². The Balaban J connectivity index is 0.000000236. The fraction of sp³-hybridized carbons (Fsp3) is 0.409. The third-order valence-electron chi connectivity index (χ3n) is 11.2. The molecule has 12 atom stereocenters. The van der Waals surface area contributed by atoms with E-state index in [1.807, 2.05) is 36.4 Å². The van der Waals surface area contributed by atoms with Crippen LogP contribution in [0.25, 0.3) is 0 Å². The third kappa shape index (κ3) is 9.11. The number of ketones is 2. The van der Waals surface area contributed by atoms with Gasteiger partial charge in [0.25, 0.3) is 0 Å². The van der Waals surface area contributed by atoms with Crippen molar-refractivity contribution in [2.45, 2.75) is 93.1 Å². The summed E-state index contributed by atoms with van der Waals surface area (Å²) in [5, 5.41) is 91.3. The van der Waals surface area contributed by atoms with Crippen LogP contribution < -0.4 is 18.9 Å². The molecule has 0 aromatic heterocycles. The molecule has 2 fully saturated rings. The molecule has 19 heteroatoms. The summed E-state index contributed by atoms with van der Waals surface area (Å²) in [7, 11) is 3.12. The van der Waals surface area contributed by atoms with Gasteiger partial charge >= 0.3 is 0 Å². The van der Waals surface area contributed by atoms with Gasteiger partial charge in [-0.05, 0) is 48.9 Å². The minimum atomic E-state index is -1.78. The Morgan fingerprint density at radius 2 is 1.40 bits per heavy atom. The summed E-state index contributed by atoms with van der Waals surface area (Å²) in [6.07, 6.45) is -16.0. The Labute approximate surface area is 359 Å². The maximum atomic E-state index is 12.8. The van der Waals surface area contributed by atoms with Gasteiger partial charge in [-0.15, -0.1) is 0 Å². The monoisotopic (exact) mass is 880 g/mol. The number of hydrogen-bond donors (Lipinski definition) is 9. The standard InChI is InChI=1S/C27H32O15.C17H16O4/c1-9-20(32)22(34)24(36)26(39-9)38-8-18-21(33)23(35)25(37)27(42-18)40-11-5-14(30)19-15(31)7-16(41-17(19)6-11)10-2-3-12(28)13(29)4-10;1-19-16-10-6-4-8-13(16)17(20-2)11-14(18)12-7-3-5-9-15(12)21-17/h2-6,9,16,18,20-30,32-37H,7-8H2,1H3;3-10H,11H2,1-2H3/t9-,16?,18+,20-,21+,22+,23-,24+,25+,26+,27+;/m0./s1. The number of carbonyl (C=O) groups is 2. The van der Waals surface area contributed by atoms with E-state index in [4.69, 9.17) is 37.9 Å². The van der Waals surface area contributed by atoms with E-state index in [0.717, 1.165) is 6.07 Å². The van der Waals surface area contributed by atoms with Crippen molar-refractivity contribution < 1.29 is 93.4 Å². The molecule has 2 saturated heterocycles. The second-order valence-electron chi connectivity index (χ2n) is 15.3. The molecular formula is C44H48O19. The van der Waals surface area contributed by atoms with Crippen LogP contribution in [-0.4, -0.2) is 140 Å². The van der Waals surface area contributed by atoms with Crippen LogP contribution in [0.4, 0.5) is 0 Å². The quantitative estimate of drug-likeness (QED) is 0.108. The molecule has 8 rings (SSSR count). The molecular weight excluding hydrogens is 832 g/mol. The smallest absolute Gasteiger partial charge is 0.248 e. The van der Waals surface area contributed by atoms with Crippen LogP contribution in [0.15, 0.2) is 78.9 Å². The number of Topliss-reactive ketones (excluding diaryl/α,β-unsaturated/α-hetero) is 2. The number of hydrogen-bond acceptors (Lipinski definition) is 19. The lowest BCUT2D eigenvalue weighted by Gasteiger charge is -2.42. The van der Waals surface area contributed by atoms with E-state index >= 15 is 0 Å². The molecule has 0 aliphatic carbocycles. The summed E-state index contributed by atoms with van der Waals surface area (Å²) in [5.74, 6) is -1.96. The Morgan fingerprint density at radius 1 is 0.698 bits per heavy atom. The van der Waals surface area contributed by atoms with Crippen LogP contribution in [0, 0.1) is 0 Å². The number of aliphatic hydroxyl groups excluding tert-OH is 6. The summed E-state index contributed by atoms with van der Waals surface area (Å²) >= 11 is 0. The molecule has 4 aromatic rings. The number of fused-ring (bicyclic) bond motifs is 2. The molecule has 4 aliphatic heterocycles. The van der Waals surface area contributed by atoms with Gasteiger partial charge in [0, 0.05) is 19.2 Å². The number of aromatic hydroxyl groups is 3. The van der Waals surface area contributed by atoms with E-state index in [9.17, 15) is 55.5 Å². The molecule has 0 saturated carbocycles. The fourth-order valence-corrected chi connectivity index (χ4v) is 7.68. The van der Waals surface area contributed by atoms with Gasteiger partial charge in [-0.3, -0.25) is 9.59 Å². The first-order valence-electron chi connectivity index (χ1n) is 19.8. The van der Waals surface area contributed by atoms with Crippen LogP contribution in [0.5, 0.6) is 40.2 Å². The van der Waals surface area contributed by atoms with Crippen molar-refractivity contribution >= 4 is 11.6 Å². The van der Waals surface area contributed by atoms with Crippen LogP contribution >= 0.6 is 0 Å². The van der Waals surface area contributed by atoms with E-state index in [1.165, 1.54) is 38.3 Å². The lowest BCUT2D eigenvalue weighted by atomic mass is 9.92. The molecule has 4 aromatic carbocycles. The molecule has 19 nitrogen and oxygen atoms in total. The number of methoxy groups -OCH3 is 2. The molecule has 4 aliphatic rings. The minimum absolute atomic E-state index is 0.00962. The van der Waals surface area contributed by atoms with E-state index < -0.39 is 97.2 Å². The number of benzene rings is 4. The number of aliphatic hydroxyl groups is 6. The second kappa shape index (κ2) is 18.6. The predicted molar refractivity (Wildman–Crippen MR) is 214 cm³/mol. The summed E-state index contributed by atoms with van der Waals surface area (Å²) < 4.78 is 45.0. The molecule has 338 valence electrons. The molecule has 9 N–H and O–H groups in total. The van der Waals surface area contributed by atoms with Crippen molar-refractivity contribution in [1.29, 1.82) is 0 Å². The lowest BCUT2D eigenvalue weighted by molar-refractivity contribution is -0.318. The Bertz CT molecular complexity index is 2290. The molecule has 0 bridgehead atoms. The number of rotatable bonds is 9. The van der Waals surface area contributed by atoms with Crippen molar-refractivity contribution in [2.75, 3.05) is 20.8 Å². The Hall–Kier alpha value is -5.58. The first-order valence-corrected chi connectivity index (χ1v) is 19.8. The number of phenolic OH excluding ortho intramolecular Hbond substituents is 3. The van der Waals surface area contributed by atoms with E-state index in [1.54, 1.807) is 19.2 Å². The molecule has 4 heterocycles. The summed E-state index contributed by atoms with van der Waals surface area (Å²) in [6.45, 7) is 0.949. The van der Waals surface area contributed by atoms with Gasteiger partial charge < -0.3 is 83.9 Å². The summed E-state index contributed by atoms with van der Waals surface area (Å²) in [6, 6.07) is 20.9. The predicted octanol–water partition coefficient (Wildman–Crippen LogP) is 1.70. The summed E-state index contributed by atoms with van der Waals surface area (Å²) in [4.78, 5) is 25.2. The maximum Gasteiger partial charge on any atom is 0.248 e. The van der Waals surface area contributed by atoms with Crippen LogP contribution in [-0.2, 0) is 24.7 Å². The van der Waals surface area contributed by atoms with Gasteiger partial charge in [0.15, 0.2) is 29.4 Å². The van der Waals surface area contributed by atoms with Gasteiger partial charge in [0.1, 0.15) is 83.1 Å². The summed E-state index contributed by atoms with van der Waals surface area (Å²) in [5.41, 5.74) is 1.54. The topological polar surface area (TPSA) is 290 Å². The lowest BCUT2D eigenvalue weighted by Crippen LogP contribution is -2.61. The van der Waals surface area contributed by atoms with Crippen molar-refractivity contribution in [1.82, 2.24) is 0 Å². The van der Waals surface area contributed by atoms with Gasteiger partial charge in [-0.25, -0.2) is 0 Å². The Kier molecular flexibility index (Phi) is 13.4. The van der Waals surface area contributed by atoms with Gasteiger partial charge in [0.2, 0.25) is 12.1 Å². The Morgan fingerprint density at radius 3 is 2.13 bits per heavy atom. The largest absolute Gasteiger partial charge is 0.507 e. The van der Waals surface area contributed by atoms with Crippen molar-refractivity contribution in [3.8, 4) is 40.2 Å². The average Bonchev–Trinajstić information content (AvgIpc) is 3.27. The molecule has 63 heavy (non-hydrogen) atoms. The molecule has 0 spiro atoms. The zero-order valence-electron chi connectivity index (χ0n) is 34.1. The number of ether oxygens (including phenoxy) is 8. The highest BCUT2D eigenvalue weighted by Crippen LogP contribution is 2.45. The van der Waals surface area contributed by atoms with Crippen LogP contribution in [0.3, 0.4) is 0 Å². The third-order valence-corrected chi connectivity index (χ3v) is 11.2. The number of carbonyl (C=O) groups excluding carboxylic acids is 2. The first-order chi connectivity index (χ1) is 30.0. The number of phenols is 3. The van der Waals surface area contributed by atoms with Gasteiger partial charge in [0.05, 0.1) is 43.8 Å². The average molecular weight is 881 g/mol. The van der Waals surface area contributed by atoms with Gasteiger partial charge in [-0.2, -0.15) is 0 Å². The zero-order valence-corrected chi connectivity index (χ0v) is 34.1. The normalized spacial score (nSPS) is 31.3.